The number of furan rings is 1. The minimum atomic E-state index is -0.582. The molecule has 2 aromatic carbocycles. The van der Waals surface area contributed by atoms with Crippen LogP contribution < -0.4 is 21.9 Å². The molecule has 0 aliphatic carbocycles. The van der Waals surface area contributed by atoms with Crippen LogP contribution in [-0.4, -0.2) is 20.9 Å². The second-order valence-electron chi connectivity index (χ2n) is 8.72. The second kappa shape index (κ2) is 10.7. The van der Waals surface area contributed by atoms with E-state index in [0.717, 1.165) is 10.1 Å². The van der Waals surface area contributed by atoms with Gasteiger partial charge in [-0.05, 0) is 59.8 Å². The fraction of sp³-hybridized carbons (Fsp3) is 0.143. The van der Waals surface area contributed by atoms with E-state index in [4.69, 9.17) is 4.42 Å². The van der Waals surface area contributed by atoms with Crippen molar-refractivity contribution in [2.75, 3.05) is 5.32 Å². The summed E-state index contributed by atoms with van der Waals surface area (Å²) in [7, 11) is 0. The number of benzene rings is 2. The van der Waals surface area contributed by atoms with Gasteiger partial charge >= 0.3 is 5.69 Å². The number of nitrogens with one attached hydrogen (secondary N) is 2. The zero-order valence-corrected chi connectivity index (χ0v) is 21.3. The van der Waals surface area contributed by atoms with E-state index in [1.165, 1.54) is 22.2 Å². The fourth-order valence-corrected chi connectivity index (χ4v) is 4.94. The number of nitrogens with zero attached hydrogens (tertiary/aromatic N) is 2. The standard InChI is InChI=1S/C28H24N4O5S/c1-18-5-2-3-7-22(18)30-24(33)17-31-23-12-14-38-25(23)27(35)32(28(31)36)16-19-8-10-20(11-9-19)26(34)29-15-21-6-4-13-37-21/h2-14H,15-17H2,1H3,(H,29,34)(H,30,33). The lowest BCUT2D eigenvalue weighted by molar-refractivity contribution is -0.116. The Hall–Kier alpha value is -4.70. The van der Waals surface area contributed by atoms with Gasteiger partial charge in [0.2, 0.25) is 5.91 Å². The number of aryl methyl sites for hydroxylation is 1. The van der Waals surface area contributed by atoms with Crippen molar-refractivity contribution in [3.05, 3.63) is 122 Å². The summed E-state index contributed by atoms with van der Waals surface area (Å²) in [6.45, 7) is 1.91. The summed E-state index contributed by atoms with van der Waals surface area (Å²) < 4.78 is 8.04. The number of amides is 2. The predicted molar refractivity (Wildman–Crippen MR) is 146 cm³/mol. The molecule has 9 nitrogen and oxygen atoms in total. The number of para-hydroxylation sites is 1. The van der Waals surface area contributed by atoms with Gasteiger partial charge in [-0.25, -0.2) is 4.79 Å². The van der Waals surface area contributed by atoms with E-state index in [1.807, 2.05) is 25.1 Å². The molecule has 0 saturated carbocycles. The molecule has 0 radical (unpaired) electrons. The van der Waals surface area contributed by atoms with Crippen LogP contribution in [0.4, 0.5) is 5.69 Å². The second-order valence-corrected chi connectivity index (χ2v) is 9.63. The summed E-state index contributed by atoms with van der Waals surface area (Å²) in [5.74, 6) is -0.00154. The first-order valence-electron chi connectivity index (χ1n) is 11.9. The number of rotatable bonds is 8. The first-order chi connectivity index (χ1) is 18.4. The van der Waals surface area contributed by atoms with Crippen LogP contribution in [0, 0.1) is 6.92 Å². The van der Waals surface area contributed by atoms with Crippen molar-refractivity contribution in [2.45, 2.75) is 26.6 Å². The maximum absolute atomic E-state index is 13.4. The number of aromatic nitrogens is 2. The number of thiophene rings is 1. The highest BCUT2D eigenvalue weighted by Gasteiger charge is 2.17. The molecule has 2 N–H and O–H groups in total. The van der Waals surface area contributed by atoms with Gasteiger partial charge in [-0.3, -0.25) is 23.5 Å². The van der Waals surface area contributed by atoms with Crippen molar-refractivity contribution in [1.82, 2.24) is 14.5 Å². The van der Waals surface area contributed by atoms with Crippen LogP contribution in [0.25, 0.3) is 10.2 Å². The Labute approximate surface area is 221 Å². The maximum atomic E-state index is 13.4. The largest absolute Gasteiger partial charge is 0.467 e. The molecule has 192 valence electrons. The van der Waals surface area contributed by atoms with E-state index in [2.05, 4.69) is 10.6 Å². The third-order valence-electron chi connectivity index (χ3n) is 6.12. The van der Waals surface area contributed by atoms with Crippen LogP contribution in [-0.2, 0) is 24.4 Å². The van der Waals surface area contributed by atoms with E-state index in [-0.39, 0.29) is 31.4 Å². The molecule has 5 rings (SSSR count). The van der Waals surface area contributed by atoms with Gasteiger partial charge in [0.05, 0.1) is 24.9 Å². The summed E-state index contributed by atoms with van der Waals surface area (Å²) in [5.41, 5.74) is 2.08. The third kappa shape index (κ3) is 5.21. The Bertz CT molecular complexity index is 1730. The third-order valence-corrected chi connectivity index (χ3v) is 7.01. The van der Waals surface area contributed by atoms with E-state index in [0.29, 0.717) is 32.8 Å². The zero-order valence-electron chi connectivity index (χ0n) is 20.5. The van der Waals surface area contributed by atoms with Crippen molar-refractivity contribution < 1.29 is 14.0 Å². The van der Waals surface area contributed by atoms with Crippen molar-refractivity contribution in [3.8, 4) is 0 Å². The zero-order chi connectivity index (χ0) is 26.6. The van der Waals surface area contributed by atoms with Crippen molar-refractivity contribution >= 4 is 39.1 Å². The van der Waals surface area contributed by atoms with Gasteiger partial charge < -0.3 is 15.1 Å². The van der Waals surface area contributed by atoms with Gasteiger partial charge in [-0.15, -0.1) is 11.3 Å². The minimum absolute atomic E-state index is 0.000780. The average molecular weight is 529 g/mol. The lowest BCUT2D eigenvalue weighted by atomic mass is 10.1. The lowest BCUT2D eigenvalue weighted by Crippen LogP contribution is -2.41. The van der Waals surface area contributed by atoms with Gasteiger partial charge in [-0.2, -0.15) is 0 Å². The molecule has 10 heteroatoms. The summed E-state index contributed by atoms with van der Waals surface area (Å²) in [6.07, 6.45) is 1.54. The molecule has 5 aromatic rings. The maximum Gasteiger partial charge on any atom is 0.332 e. The Balaban J connectivity index is 1.37. The van der Waals surface area contributed by atoms with Gasteiger partial charge in [0.25, 0.3) is 11.5 Å². The molecule has 0 fully saturated rings. The number of carbonyl (C=O) groups excluding carboxylic acids is 2. The SMILES string of the molecule is Cc1ccccc1NC(=O)Cn1c(=O)n(Cc2ccc(C(=O)NCc3ccco3)cc2)c(=O)c2sccc21. The predicted octanol–water partition coefficient (Wildman–Crippen LogP) is 3.74. The van der Waals surface area contributed by atoms with Crippen LogP contribution >= 0.6 is 11.3 Å². The highest BCUT2D eigenvalue weighted by Crippen LogP contribution is 2.17. The molecule has 0 unspecified atom stereocenters. The Morgan fingerprint density at radius 3 is 2.47 bits per heavy atom. The van der Waals surface area contributed by atoms with Gasteiger partial charge in [0.15, 0.2) is 0 Å². The molecular formula is C28H24N4O5S. The average Bonchev–Trinajstić information content (AvgIpc) is 3.62. The molecule has 0 bridgehead atoms. The summed E-state index contributed by atoms with van der Waals surface area (Å²) in [4.78, 5) is 51.8. The summed E-state index contributed by atoms with van der Waals surface area (Å²) >= 11 is 1.22. The first kappa shape index (κ1) is 25.0. The number of carbonyl (C=O) groups is 2. The number of fused-ring (bicyclic) bond motifs is 1. The Kier molecular flexibility index (Phi) is 7.05. The molecule has 0 aliphatic rings. The van der Waals surface area contributed by atoms with Crippen LogP contribution in [0.15, 0.2) is 92.4 Å². The molecule has 0 aliphatic heterocycles. The monoisotopic (exact) mass is 528 g/mol. The van der Waals surface area contributed by atoms with E-state index >= 15 is 0 Å². The van der Waals surface area contributed by atoms with Crippen molar-refractivity contribution in [3.63, 3.8) is 0 Å². The number of hydrogen-bond acceptors (Lipinski definition) is 6. The van der Waals surface area contributed by atoms with Crippen LogP contribution in [0.2, 0.25) is 0 Å². The highest BCUT2D eigenvalue weighted by atomic mass is 32.1. The number of anilines is 1. The Morgan fingerprint density at radius 2 is 1.74 bits per heavy atom. The Morgan fingerprint density at radius 1 is 0.947 bits per heavy atom. The van der Waals surface area contributed by atoms with Crippen LogP contribution in [0.3, 0.4) is 0 Å². The summed E-state index contributed by atoms with van der Waals surface area (Å²) in [5, 5.41) is 7.33. The van der Waals surface area contributed by atoms with E-state index in [9.17, 15) is 19.2 Å². The van der Waals surface area contributed by atoms with E-state index < -0.39 is 11.2 Å². The van der Waals surface area contributed by atoms with Crippen LogP contribution in [0.1, 0.15) is 27.2 Å². The molecule has 38 heavy (non-hydrogen) atoms. The minimum Gasteiger partial charge on any atom is -0.467 e. The quantitative estimate of drug-likeness (QED) is 0.318. The van der Waals surface area contributed by atoms with Crippen molar-refractivity contribution in [1.29, 1.82) is 0 Å². The highest BCUT2D eigenvalue weighted by molar-refractivity contribution is 7.17. The van der Waals surface area contributed by atoms with E-state index in [1.54, 1.807) is 53.9 Å². The van der Waals surface area contributed by atoms with Gasteiger partial charge in [0.1, 0.15) is 17.0 Å². The molecule has 0 saturated heterocycles. The molecule has 3 aromatic heterocycles. The topological polar surface area (TPSA) is 115 Å². The van der Waals surface area contributed by atoms with Gasteiger partial charge in [0, 0.05) is 11.3 Å². The lowest BCUT2D eigenvalue weighted by Gasteiger charge is -2.13. The number of hydrogen-bond donors (Lipinski definition) is 2. The summed E-state index contributed by atoms with van der Waals surface area (Å²) in [6, 6.07) is 19.2. The van der Waals surface area contributed by atoms with Crippen LogP contribution in [0.5, 0.6) is 0 Å². The normalized spacial score (nSPS) is 11.0. The van der Waals surface area contributed by atoms with Crippen molar-refractivity contribution in [2.24, 2.45) is 0 Å². The van der Waals surface area contributed by atoms with Gasteiger partial charge in [-0.1, -0.05) is 30.3 Å². The first-order valence-corrected chi connectivity index (χ1v) is 12.7. The molecule has 0 spiro atoms. The fourth-order valence-electron chi connectivity index (χ4n) is 4.10. The molecule has 3 heterocycles. The molecule has 0 atom stereocenters. The smallest absolute Gasteiger partial charge is 0.332 e. The molecular weight excluding hydrogens is 504 g/mol. The molecule has 2 amide bonds.